The Kier molecular flexibility index (Phi) is 4.15. The van der Waals surface area contributed by atoms with Gasteiger partial charge in [0.15, 0.2) is 6.20 Å². The molecule has 108 valence electrons. The molecule has 0 radical (unpaired) electrons. The van der Waals surface area contributed by atoms with Crippen LogP contribution in [0.1, 0.15) is 22.7 Å². The van der Waals surface area contributed by atoms with E-state index < -0.39 is 11.2 Å². The molecule has 0 N–H and O–H groups in total. The highest BCUT2D eigenvalue weighted by Gasteiger charge is 2.27. The normalized spacial score (nSPS) is 12.4. The smallest absolute Gasteiger partial charge is 0.436 e. The van der Waals surface area contributed by atoms with Crippen LogP contribution in [0.4, 0.5) is 0 Å². The predicted octanol–water partition coefficient (Wildman–Crippen LogP) is 0.945. The number of aromatic nitrogens is 3. The maximum absolute atomic E-state index is 12.1. The van der Waals surface area contributed by atoms with Crippen molar-refractivity contribution < 1.29 is 18.4 Å². The van der Waals surface area contributed by atoms with E-state index in [1.165, 1.54) is 13.3 Å². The second-order valence-corrected chi connectivity index (χ2v) is 5.65. The summed E-state index contributed by atoms with van der Waals surface area (Å²) in [6, 6.07) is 0. The van der Waals surface area contributed by atoms with E-state index in [1.807, 2.05) is 0 Å². The number of nitrogens with zero attached hydrogens (tertiary/aromatic N) is 3. The molecule has 2 aromatic heterocycles. The van der Waals surface area contributed by atoms with Gasteiger partial charge in [0.25, 0.3) is 0 Å². The number of rotatable bonds is 4. The van der Waals surface area contributed by atoms with Gasteiger partial charge in [0.1, 0.15) is 5.75 Å². The number of hydrogen-bond acceptors (Lipinski definition) is 6. The minimum absolute atomic E-state index is 0.00634. The van der Waals surface area contributed by atoms with Crippen LogP contribution < -0.4 is 9.47 Å². The lowest BCUT2D eigenvalue weighted by Gasteiger charge is -2.13. The number of methoxy groups -OCH3 is 1. The van der Waals surface area contributed by atoms with Gasteiger partial charge < -0.3 is 18.9 Å². The molecule has 0 spiro atoms. The highest BCUT2D eigenvalue weighted by atomic mass is 32.2. The van der Waals surface area contributed by atoms with E-state index in [9.17, 15) is 9.76 Å². The maximum Gasteiger partial charge on any atom is 0.436 e. The molecular formula is C12H15N3O4S. The standard InChI is InChI=1S/C12H15N3O4S/c1-7-5-15(16)10(8(2)11(7)18-4)6-20(17)12-14-13-9(3)19-12/h5H,6H2,1-4H3. The SMILES string of the molecule is COc1c(C)c[n+]([O-])c(C[S+]([O-])c2nnc(C)o2)c1C. The number of aryl methyl sites for hydroxylation is 2. The molecule has 2 aromatic rings. The quantitative estimate of drug-likeness (QED) is 0.473. The van der Waals surface area contributed by atoms with Crippen molar-refractivity contribution in [2.24, 2.45) is 0 Å². The number of pyridine rings is 1. The molecule has 7 nitrogen and oxygen atoms in total. The summed E-state index contributed by atoms with van der Waals surface area (Å²) in [6.07, 6.45) is 1.40. The molecule has 0 aromatic carbocycles. The predicted molar refractivity (Wildman–Crippen MR) is 70.6 cm³/mol. The first-order valence-corrected chi connectivity index (χ1v) is 7.20. The first kappa shape index (κ1) is 14.6. The fourth-order valence-corrected chi connectivity index (χ4v) is 3.01. The Morgan fingerprint density at radius 2 is 2.05 bits per heavy atom. The van der Waals surface area contributed by atoms with Gasteiger partial charge in [-0.3, -0.25) is 0 Å². The molecule has 0 aliphatic rings. The van der Waals surface area contributed by atoms with Gasteiger partial charge in [0.05, 0.1) is 29.4 Å². The molecule has 0 amide bonds. The molecule has 0 aliphatic carbocycles. The highest BCUT2D eigenvalue weighted by molar-refractivity contribution is 7.90. The largest absolute Gasteiger partial charge is 0.618 e. The van der Waals surface area contributed by atoms with Gasteiger partial charge in [-0.2, -0.15) is 4.73 Å². The van der Waals surface area contributed by atoms with Gasteiger partial charge in [-0.05, 0) is 13.8 Å². The Hall–Kier alpha value is -1.80. The summed E-state index contributed by atoms with van der Waals surface area (Å²) >= 11 is -1.57. The van der Waals surface area contributed by atoms with Crippen molar-refractivity contribution in [1.29, 1.82) is 0 Å². The summed E-state index contributed by atoms with van der Waals surface area (Å²) in [6.45, 7) is 5.15. The van der Waals surface area contributed by atoms with Crippen LogP contribution >= 0.6 is 0 Å². The molecule has 0 aliphatic heterocycles. The zero-order valence-electron chi connectivity index (χ0n) is 11.7. The van der Waals surface area contributed by atoms with E-state index in [0.717, 1.165) is 5.56 Å². The van der Waals surface area contributed by atoms with Crippen LogP contribution in [0.15, 0.2) is 15.8 Å². The molecule has 20 heavy (non-hydrogen) atoms. The summed E-state index contributed by atoms with van der Waals surface area (Å²) in [5.41, 5.74) is 1.75. The lowest BCUT2D eigenvalue weighted by atomic mass is 10.1. The van der Waals surface area contributed by atoms with Crippen LogP contribution in [0.2, 0.25) is 0 Å². The van der Waals surface area contributed by atoms with Gasteiger partial charge in [0, 0.05) is 6.92 Å². The second kappa shape index (κ2) is 5.68. The highest BCUT2D eigenvalue weighted by Crippen LogP contribution is 2.25. The number of hydrogen-bond donors (Lipinski definition) is 0. The maximum atomic E-state index is 12.1. The first-order chi connectivity index (χ1) is 9.43. The third kappa shape index (κ3) is 2.70. The molecule has 0 bridgehead atoms. The Morgan fingerprint density at radius 1 is 1.35 bits per heavy atom. The van der Waals surface area contributed by atoms with Crippen LogP contribution in [0, 0.1) is 26.0 Å². The zero-order valence-corrected chi connectivity index (χ0v) is 12.5. The minimum atomic E-state index is -1.57. The van der Waals surface area contributed by atoms with Crippen molar-refractivity contribution in [3.63, 3.8) is 0 Å². The molecule has 0 saturated carbocycles. The van der Waals surface area contributed by atoms with Crippen LogP contribution in [0.25, 0.3) is 0 Å². The van der Waals surface area contributed by atoms with E-state index in [4.69, 9.17) is 9.15 Å². The molecular weight excluding hydrogens is 282 g/mol. The van der Waals surface area contributed by atoms with E-state index >= 15 is 0 Å². The fourth-order valence-electron chi connectivity index (χ4n) is 1.95. The van der Waals surface area contributed by atoms with E-state index in [-0.39, 0.29) is 11.0 Å². The van der Waals surface area contributed by atoms with E-state index in [0.29, 0.717) is 27.6 Å². The third-order valence-corrected chi connectivity index (χ3v) is 3.97. The first-order valence-electron chi connectivity index (χ1n) is 5.88. The third-order valence-electron chi connectivity index (χ3n) is 2.88. The monoisotopic (exact) mass is 297 g/mol. The summed E-state index contributed by atoms with van der Waals surface area (Å²) in [7, 11) is 1.53. The number of ether oxygens (including phenoxy) is 1. The summed E-state index contributed by atoms with van der Waals surface area (Å²) in [5, 5.41) is 19.3. The van der Waals surface area contributed by atoms with Gasteiger partial charge in [0.2, 0.25) is 17.3 Å². The Balaban J connectivity index is 2.34. The average molecular weight is 297 g/mol. The zero-order chi connectivity index (χ0) is 14.9. The van der Waals surface area contributed by atoms with Crippen molar-refractivity contribution in [1.82, 2.24) is 10.2 Å². The van der Waals surface area contributed by atoms with Crippen LogP contribution in [-0.2, 0) is 16.9 Å². The molecule has 0 fully saturated rings. The fraction of sp³-hybridized carbons (Fsp3) is 0.417. The Labute approximate surface area is 119 Å². The van der Waals surface area contributed by atoms with Crippen molar-refractivity contribution in [2.75, 3.05) is 7.11 Å². The minimum Gasteiger partial charge on any atom is -0.618 e. The molecule has 8 heteroatoms. The summed E-state index contributed by atoms with van der Waals surface area (Å²) in [5.74, 6) is 0.945. The Bertz CT molecular complexity index is 629. The van der Waals surface area contributed by atoms with Gasteiger partial charge in [-0.25, -0.2) is 0 Å². The summed E-state index contributed by atoms with van der Waals surface area (Å²) < 4.78 is 23.2. The molecule has 2 heterocycles. The second-order valence-electron chi connectivity index (χ2n) is 4.32. The summed E-state index contributed by atoms with van der Waals surface area (Å²) in [4.78, 5) is 0. The van der Waals surface area contributed by atoms with Crippen LogP contribution in [0.3, 0.4) is 0 Å². The molecule has 1 atom stereocenters. The average Bonchev–Trinajstić information content (AvgIpc) is 2.81. The topological polar surface area (TPSA) is 98.2 Å². The van der Waals surface area contributed by atoms with Crippen molar-refractivity contribution >= 4 is 11.2 Å². The lowest BCUT2D eigenvalue weighted by Crippen LogP contribution is -2.35. The van der Waals surface area contributed by atoms with E-state index in [2.05, 4.69) is 10.2 Å². The lowest BCUT2D eigenvalue weighted by molar-refractivity contribution is -0.613. The van der Waals surface area contributed by atoms with Crippen molar-refractivity contribution in [2.45, 2.75) is 31.7 Å². The molecule has 1 unspecified atom stereocenters. The van der Waals surface area contributed by atoms with Crippen molar-refractivity contribution in [3.05, 3.63) is 34.1 Å². The van der Waals surface area contributed by atoms with Gasteiger partial charge in [-0.1, -0.05) is 5.10 Å². The van der Waals surface area contributed by atoms with Crippen LogP contribution in [-0.4, -0.2) is 21.9 Å². The van der Waals surface area contributed by atoms with Gasteiger partial charge in [-0.15, -0.1) is 5.10 Å². The van der Waals surface area contributed by atoms with Crippen LogP contribution in [0.5, 0.6) is 5.75 Å². The molecule has 2 rings (SSSR count). The molecule has 0 saturated heterocycles. The van der Waals surface area contributed by atoms with Crippen molar-refractivity contribution in [3.8, 4) is 5.75 Å². The Morgan fingerprint density at radius 3 is 2.60 bits per heavy atom. The van der Waals surface area contributed by atoms with E-state index in [1.54, 1.807) is 20.8 Å². The van der Waals surface area contributed by atoms with Gasteiger partial charge >= 0.3 is 5.22 Å².